The van der Waals surface area contributed by atoms with Crippen molar-refractivity contribution in [2.24, 2.45) is 5.92 Å². The van der Waals surface area contributed by atoms with Gasteiger partial charge in [-0.15, -0.1) is 0 Å². The topological polar surface area (TPSA) is 41.9 Å². The molecule has 0 radical (unpaired) electrons. The summed E-state index contributed by atoms with van der Waals surface area (Å²) in [6.07, 6.45) is 27.3. The Labute approximate surface area is 331 Å². The summed E-state index contributed by atoms with van der Waals surface area (Å²) in [5.41, 5.74) is 3.35. The van der Waals surface area contributed by atoms with Crippen LogP contribution >= 0.6 is 0 Å². The first-order valence-corrected chi connectivity index (χ1v) is 22.3. The first-order chi connectivity index (χ1) is 25.9. The van der Waals surface area contributed by atoms with Crippen molar-refractivity contribution in [1.29, 1.82) is 0 Å². The molecule has 0 aliphatic carbocycles. The maximum absolute atomic E-state index is 6.56. The van der Waals surface area contributed by atoms with Gasteiger partial charge in [0.15, 0.2) is 0 Å². The summed E-state index contributed by atoms with van der Waals surface area (Å²) < 4.78 is 28.3. The van der Waals surface area contributed by atoms with E-state index in [1.54, 1.807) is 0 Å². The third-order valence-electron chi connectivity index (χ3n) is 12.9. The summed E-state index contributed by atoms with van der Waals surface area (Å²) in [4.78, 5) is 0. The monoisotopic (exact) mass is 740 g/mol. The third kappa shape index (κ3) is 11.0. The average Bonchev–Trinajstić information content (AvgIpc) is 3.68. The van der Waals surface area contributed by atoms with Crippen LogP contribution in [-0.4, -0.2) is 35.6 Å². The highest BCUT2D eigenvalue weighted by molar-refractivity contribution is 6.63. The van der Waals surface area contributed by atoms with E-state index in [1.165, 1.54) is 150 Å². The molecule has 298 valence electrons. The minimum Gasteiger partial charge on any atom is -0.534 e. The van der Waals surface area contributed by atoms with Gasteiger partial charge in [0, 0.05) is 28.4 Å². The molecule has 3 aromatic rings. The molecule has 0 saturated carbocycles. The lowest BCUT2D eigenvalue weighted by Gasteiger charge is -2.32. The van der Waals surface area contributed by atoms with Crippen molar-refractivity contribution in [1.82, 2.24) is 4.57 Å². The molecule has 7 heteroatoms. The van der Waals surface area contributed by atoms with Crippen LogP contribution in [-0.2, 0) is 25.2 Å². The number of rotatable bonds is 24. The van der Waals surface area contributed by atoms with Crippen LogP contribution in [0.2, 0.25) is 0 Å². The number of aromatic nitrogens is 1. The normalized spacial score (nSPS) is 18.3. The fraction of sp³-hybridized carbons (Fsp3) is 0.702. The standard InChI is InChI=1S/C47H75B2NO4/c1-10-12-14-16-18-20-21-23-25-27-29-38(28-26-24-22-19-17-15-13-11-2)36-50-43-34-39(48-51-37(3)45(4,5)52-48)30-32-41(43)42-33-31-40(35-44(42)50)49-53-46(6,7)47(8,9)54-49/h30-35,38H,3,10-29,36H2,1-2,4-9H3. The van der Waals surface area contributed by atoms with E-state index in [4.69, 9.17) is 18.6 Å². The van der Waals surface area contributed by atoms with Crippen LogP contribution in [0.4, 0.5) is 0 Å². The molecule has 2 saturated heterocycles. The van der Waals surface area contributed by atoms with Gasteiger partial charge in [0.1, 0.15) is 5.60 Å². The molecule has 2 aliphatic rings. The third-order valence-corrected chi connectivity index (χ3v) is 12.9. The van der Waals surface area contributed by atoms with E-state index < -0.39 is 19.8 Å². The molecule has 5 nitrogen and oxygen atoms in total. The Bertz CT molecular complexity index is 1610. The largest absolute Gasteiger partial charge is 0.563 e. The molecule has 1 aromatic heterocycles. The van der Waals surface area contributed by atoms with Gasteiger partial charge in [0.05, 0.1) is 17.0 Å². The van der Waals surface area contributed by atoms with Gasteiger partial charge >= 0.3 is 14.2 Å². The van der Waals surface area contributed by atoms with E-state index in [1.807, 2.05) is 13.8 Å². The molecule has 1 unspecified atom stereocenters. The van der Waals surface area contributed by atoms with Crippen LogP contribution in [0.3, 0.4) is 0 Å². The summed E-state index contributed by atoms with van der Waals surface area (Å²) in [6, 6.07) is 13.6. The minimum atomic E-state index is -0.514. The van der Waals surface area contributed by atoms with Gasteiger partial charge in [-0.05, 0) is 83.4 Å². The Kier molecular flexibility index (Phi) is 15.7. The second kappa shape index (κ2) is 19.8. The number of nitrogens with zero attached hydrogens (tertiary/aromatic N) is 1. The van der Waals surface area contributed by atoms with Gasteiger partial charge in [0.25, 0.3) is 0 Å². The van der Waals surface area contributed by atoms with Gasteiger partial charge in [0.2, 0.25) is 0 Å². The quantitative estimate of drug-likeness (QED) is 0.0678. The van der Waals surface area contributed by atoms with Crippen molar-refractivity contribution in [3.8, 4) is 0 Å². The molecule has 0 spiro atoms. The molecular weight excluding hydrogens is 664 g/mol. The van der Waals surface area contributed by atoms with Crippen molar-refractivity contribution in [2.45, 2.75) is 207 Å². The van der Waals surface area contributed by atoms with E-state index in [9.17, 15) is 0 Å². The fourth-order valence-corrected chi connectivity index (χ4v) is 8.44. The van der Waals surface area contributed by atoms with Crippen molar-refractivity contribution >= 4 is 47.0 Å². The fourth-order valence-electron chi connectivity index (χ4n) is 8.44. The zero-order chi connectivity index (χ0) is 38.8. The van der Waals surface area contributed by atoms with E-state index in [2.05, 4.69) is 89.1 Å². The van der Waals surface area contributed by atoms with Gasteiger partial charge in [-0.3, -0.25) is 0 Å². The molecule has 54 heavy (non-hydrogen) atoms. The maximum atomic E-state index is 6.56. The van der Waals surface area contributed by atoms with E-state index in [0.29, 0.717) is 11.7 Å². The lowest BCUT2D eigenvalue weighted by molar-refractivity contribution is 0.00578. The second-order valence-corrected chi connectivity index (χ2v) is 18.4. The van der Waals surface area contributed by atoms with Gasteiger partial charge in [-0.1, -0.05) is 160 Å². The molecule has 0 bridgehead atoms. The van der Waals surface area contributed by atoms with E-state index >= 15 is 0 Å². The molecule has 2 aliphatic heterocycles. The lowest BCUT2D eigenvalue weighted by Crippen LogP contribution is -2.41. The predicted molar refractivity (Wildman–Crippen MR) is 233 cm³/mol. The lowest BCUT2D eigenvalue weighted by atomic mass is 9.78. The van der Waals surface area contributed by atoms with Crippen LogP contribution in [0.5, 0.6) is 0 Å². The number of hydrogen-bond donors (Lipinski definition) is 0. The van der Waals surface area contributed by atoms with Crippen LogP contribution in [0.1, 0.15) is 184 Å². The SMILES string of the molecule is C=C1OB(c2ccc3c4ccc(B5OC(C)(C)C(C)(C)O5)cc4n(CC(CCCCCCCCCC)CCCCCCCCCCCC)c3c2)OC1(C)C. The zero-order valence-electron chi connectivity index (χ0n) is 35.8. The smallest absolute Gasteiger partial charge is 0.534 e. The molecule has 5 rings (SSSR count). The van der Waals surface area contributed by atoms with Crippen LogP contribution in [0.15, 0.2) is 48.7 Å². The summed E-state index contributed by atoms with van der Waals surface area (Å²) in [7, 11) is -0.849. The summed E-state index contributed by atoms with van der Waals surface area (Å²) >= 11 is 0. The highest BCUT2D eigenvalue weighted by Crippen LogP contribution is 2.38. The Balaban J connectivity index is 1.39. The minimum absolute atomic E-state index is 0.385. The summed E-state index contributed by atoms with van der Waals surface area (Å²) in [6.45, 7) is 22.4. The summed E-state index contributed by atoms with van der Waals surface area (Å²) in [5.74, 6) is 1.31. The first kappa shape index (κ1) is 42.9. The number of benzene rings is 2. The number of fused-ring (bicyclic) bond motifs is 3. The van der Waals surface area contributed by atoms with Crippen molar-refractivity contribution in [3.63, 3.8) is 0 Å². The van der Waals surface area contributed by atoms with E-state index in [0.717, 1.165) is 17.5 Å². The zero-order valence-corrected chi connectivity index (χ0v) is 35.8. The summed E-state index contributed by atoms with van der Waals surface area (Å²) in [5, 5.41) is 2.55. The molecule has 0 N–H and O–H groups in total. The van der Waals surface area contributed by atoms with Crippen LogP contribution < -0.4 is 10.9 Å². The maximum Gasteiger partial charge on any atom is 0.563 e. The van der Waals surface area contributed by atoms with Gasteiger partial charge in [-0.2, -0.15) is 0 Å². The number of hydrogen-bond acceptors (Lipinski definition) is 4. The Morgan fingerprint density at radius 3 is 1.37 bits per heavy atom. The highest BCUT2D eigenvalue weighted by atomic mass is 16.7. The van der Waals surface area contributed by atoms with Crippen LogP contribution in [0, 0.1) is 5.92 Å². The number of unbranched alkanes of at least 4 members (excludes halogenated alkanes) is 16. The Hall–Kier alpha value is -2.21. The molecule has 2 aromatic carbocycles. The molecule has 3 heterocycles. The second-order valence-electron chi connectivity index (χ2n) is 18.4. The van der Waals surface area contributed by atoms with E-state index in [-0.39, 0.29) is 11.2 Å². The molecule has 1 atom stereocenters. The van der Waals surface area contributed by atoms with Crippen LogP contribution in [0.25, 0.3) is 21.8 Å². The Morgan fingerprint density at radius 1 is 0.556 bits per heavy atom. The molecule has 2 fully saturated rings. The van der Waals surface area contributed by atoms with Gasteiger partial charge < -0.3 is 23.2 Å². The van der Waals surface area contributed by atoms with Gasteiger partial charge in [-0.25, -0.2) is 0 Å². The van der Waals surface area contributed by atoms with Crippen molar-refractivity contribution in [3.05, 3.63) is 48.7 Å². The van der Waals surface area contributed by atoms with Crippen molar-refractivity contribution in [2.75, 3.05) is 0 Å². The highest BCUT2D eigenvalue weighted by Gasteiger charge is 2.52. The average molecular weight is 740 g/mol. The first-order valence-electron chi connectivity index (χ1n) is 22.3. The molecular formula is C47H75B2NO4. The molecule has 0 amide bonds. The Morgan fingerprint density at radius 2 is 0.963 bits per heavy atom. The predicted octanol–water partition coefficient (Wildman–Crippen LogP) is 12.6. The van der Waals surface area contributed by atoms with Crippen molar-refractivity contribution < 1.29 is 18.6 Å².